The summed E-state index contributed by atoms with van der Waals surface area (Å²) in [5, 5.41) is 3.29. The third kappa shape index (κ3) is 3.25. The molecule has 0 amide bonds. The summed E-state index contributed by atoms with van der Waals surface area (Å²) in [5.41, 5.74) is 2.25. The minimum atomic E-state index is -0.234. The van der Waals surface area contributed by atoms with E-state index in [4.69, 9.17) is 4.42 Å². The van der Waals surface area contributed by atoms with Gasteiger partial charge in [-0.25, -0.2) is 4.39 Å². The van der Waals surface area contributed by atoms with E-state index in [-0.39, 0.29) is 11.9 Å². The highest BCUT2D eigenvalue weighted by atomic mass is 79.9. The smallest absolute Gasteiger partial charge is 0.137 e. The number of aryl methyl sites for hydroxylation is 1. The van der Waals surface area contributed by atoms with Crippen LogP contribution in [-0.2, 0) is 12.8 Å². The molecule has 0 aliphatic carbocycles. The summed E-state index contributed by atoms with van der Waals surface area (Å²) in [6.45, 7) is 2.07. The Morgan fingerprint density at radius 3 is 2.79 bits per heavy atom. The van der Waals surface area contributed by atoms with Crippen molar-refractivity contribution in [1.82, 2.24) is 5.32 Å². The molecule has 1 aromatic carbocycles. The maximum Gasteiger partial charge on any atom is 0.137 e. The second-order valence-electron chi connectivity index (χ2n) is 4.45. The number of likely N-dealkylation sites (N-methyl/N-ethyl adjacent to an activating group) is 1. The van der Waals surface area contributed by atoms with E-state index in [0.29, 0.717) is 4.47 Å². The first kappa shape index (κ1) is 14.3. The van der Waals surface area contributed by atoms with Gasteiger partial charge in [0, 0.05) is 18.0 Å². The molecule has 0 bridgehead atoms. The van der Waals surface area contributed by atoms with Gasteiger partial charge >= 0.3 is 0 Å². The predicted molar refractivity (Wildman–Crippen MR) is 77.7 cm³/mol. The lowest BCUT2D eigenvalue weighted by Crippen LogP contribution is -2.19. The SMILES string of the molecule is CCc1occc1C(Cc1ccc(F)c(Br)c1)NC. The molecule has 102 valence electrons. The fourth-order valence-electron chi connectivity index (χ4n) is 2.22. The molecular weight excluding hydrogens is 309 g/mol. The Morgan fingerprint density at radius 1 is 1.37 bits per heavy atom. The van der Waals surface area contributed by atoms with Gasteiger partial charge in [0.25, 0.3) is 0 Å². The van der Waals surface area contributed by atoms with Gasteiger partial charge in [0.2, 0.25) is 0 Å². The average Bonchev–Trinajstić information content (AvgIpc) is 2.88. The van der Waals surface area contributed by atoms with Crippen LogP contribution in [0.3, 0.4) is 0 Å². The summed E-state index contributed by atoms with van der Waals surface area (Å²) in [5.74, 6) is 0.767. The van der Waals surface area contributed by atoms with E-state index in [1.807, 2.05) is 25.2 Å². The highest BCUT2D eigenvalue weighted by Crippen LogP contribution is 2.25. The average molecular weight is 326 g/mol. The van der Waals surface area contributed by atoms with Crippen LogP contribution in [0.15, 0.2) is 39.4 Å². The summed E-state index contributed by atoms with van der Waals surface area (Å²) in [4.78, 5) is 0. The summed E-state index contributed by atoms with van der Waals surface area (Å²) in [7, 11) is 1.93. The molecule has 1 unspecified atom stereocenters. The topological polar surface area (TPSA) is 25.2 Å². The quantitative estimate of drug-likeness (QED) is 0.889. The zero-order chi connectivity index (χ0) is 13.8. The van der Waals surface area contributed by atoms with E-state index in [2.05, 4.69) is 28.2 Å². The van der Waals surface area contributed by atoms with Gasteiger partial charge in [-0.05, 0) is 53.2 Å². The van der Waals surface area contributed by atoms with Crippen LogP contribution in [-0.4, -0.2) is 7.05 Å². The van der Waals surface area contributed by atoms with Gasteiger partial charge in [-0.2, -0.15) is 0 Å². The first-order valence-electron chi connectivity index (χ1n) is 6.33. The Hall–Kier alpha value is -1.13. The van der Waals surface area contributed by atoms with Gasteiger partial charge in [-0.3, -0.25) is 0 Å². The van der Waals surface area contributed by atoms with Crippen LogP contribution in [0.2, 0.25) is 0 Å². The molecule has 2 aromatic rings. The predicted octanol–water partition coefficient (Wildman–Crippen LogP) is 4.25. The molecule has 1 heterocycles. The van der Waals surface area contributed by atoms with E-state index >= 15 is 0 Å². The van der Waals surface area contributed by atoms with E-state index in [0.717, 1.165) is 24.2 Å². The number of hydrogen-bond acceptors (Lipinski definition) is 2. The lowest BCUT2D eigenvalue weighted by Gasteiger charge is -2.16. The second-order valence-corrected chi connectivity index (χ2v) is 5.30. The Balaban J connectivity index is 2.21. The van der Waals surface area contributed by atoms with Gasteiger partial charge in [-0.15, -0.1) is 0 Å². The first-order valence-corrected chi connectivity index (χ1v) is 7.12. The second kappa shape index (κ2) is 6.35. The van der Waals surface area contributed by atoms with Crippen molar-refractivity contribution in [2.45, 2.75) is 25.8 Å². The number of hydrogen-bond donors (Lipinski definition) is 1. The molecule has 0 radical (unpaired) electrons. The number of rotatable bonds is 5. The minimum Gasteiger partial charge on any atom is -0.469 e. The van der Waals surface area contributed by atoms with Crippen molar-refractivity contribution in [3.05, 3.63) is 57.7 Å². The molecule has 19 heavy (non-hydrogen) atoms. The molecule has 1 atom stereocenters. The molecule has 0 fully saturated rings. The first-order chi connectivity index (χ1) is 9.15. The van der Waals surface area contributed by atoms with Crippen molar-refractivity contribution < 1.29 is 8.81 Å². The summed E-state index contributed by atoms with van der Waals surface area (Å²) >= 11 is 3.22. The van der Waals surface area contributed by atoms with Gasteiger partial charge in [0.1, 0.15) is 11.6 Å². The molecule has 1 aromatic heterocycles. The minimum absolute atomic E-state index is 0.172. The van der Waals surface area contributed by atoms with Gasteiger partial charge in [0.05, 0.1) is 10.7 Å². The lowest BCUT2D eigenvalue weighted by molar-refractivity contribution is 0.495. The highest BCUT2D eigenvalue weighted by Gasteiger charge is 2.16. The molecule has 1 N–H and O–H groups in total. The monoisotopic (exact) mass is 325 g/mol. The Kier molecular flexibility index (Phi) is 4.77. The van der Waals surface area contributed by atoms with Gasteiger partial charge in [0.15, 0.2) is 0 Å². The molecule has 0 saturated carbocycles. The lowest BCUT2D eigenvalue weighted by atomic mass is 9.98. The van der Waals surface area contributed by atoms with E-state index < -0.39 is 0 Å². The summed E-state index contributed by atoms with van der Waals surface area (Å²) < 4.78 is 19.2. The zero-order valence-electron chi connectivity index (χ0n) is 11.0. The molecule has 2 nitrogen and oxygen atoms in total. The van der Waals surface area contributed by atoms with E-state index in [1.165, 1.54) is 11.6 Å². The normalized spacial score (nSPS) is 12.6. The molecule has 4 heteroatoms. The van der Waals surface area contributed by atoms with Gasteiger partial charge in [-0.1, -0.05) is 13.0 Å². The molecule has 0 saturated heterocycles. The Labute approximate surface area is 121 Å². The Bertz CT molecular complexity index is 553. The molecule has 2 rings (SSSR count). The van der Waals surface area contributed by atoms with Crippen molar-refractivity contribution in [1.29, 1.82) is 0 Å². The van der Waals surface area contributed by atoms with Gasteiger partial charge < -0.3 is 9.73 Å². The van der Waals surface area contributed by atoms with Crippen LogP contribution in [0.25, 0.3) is 0 Å². The fourth-order valence-corrected chi connectivity index (χ4v) is 2.64. The third-order valence-corrected chi connectivity index (χ3v) is 3.86. The van der Waals surface area contributed by atoms with Crippen LogP contribution < -0.4 is 5.32 Å². The summed E-state index contributed by atoms with van der Waals surface area (Å²) in [6, 6.07) is 7.30. The number of halogens is 2. The van der Waals surface area contributed by atoms with E-state index in [1.54, 1.807) is 6.26 Å². The molecule has 0 aliphatic rings. The maximum atomic E-state index is 13.2. The highest BCUT2D eigenvalue weighted by molar-refractivity contribution is 9.10. The van der Waals surface area contributed by atoms with Crippen LogP contribution in [0.5, 0.6) is 0 Å². The molecule has 0 spiro atoms. The van der Waals surface area contributed by atoms with Crippen LogP contribution >= 0.6 is 15.9 Å². The van der Waals surface area contributed by atoms with Crippen molar-refractivity contribution in [3.63, 3.8) is 0 Å². The molecular formula is C15H17BrFNO. The number of benzene rings is 1. The maximum absolute atomic E-state index is 13.2. The van der Waals surface area contributed by atoms with E-state index in [9.17, 15) is 4.39 Å². The van der Waals surface area contributed by atoms with Crippen molar-refractivity contribution in [2.75, 3.05) is 7.05 Å². The van der Waals surface area contributed by atoms with Crippen LogP contribution in [0.4, 0.5) is 4.39 Å². The standard InChI is InChI=1S/C15H17BrFNO/c1-3-15-11(6-7-19-15)14(18-2)9-10-4-5-13(17)12(16)8-10/h4-8,14,18H,3,9H2,1-2H3. The van der Waals surface area contributed by atoms with Crippen LogP contribution in [0.1, 0.15) is 29.9 Å². The summed E-state index contributed by atoms with van der Waals surface area (Å²) in [6.07, 6.45) is 3.38. The largest absolute Gasteiger partial charge is 0.469 e. The number of nitrogens with one attached hydrogen (secondary N) is 1. The molecule has 0 aliphatic heterocycles. The van der Waals surface area contributed by atoms with Crippen molar-refractivity contribution in [2.24, 2.45) is 0 Å². The zero-order valence-corrected chi connectivity index (χ0v) is 12.6. The van der Waals surface area contributed by atoms with Crippen molar-refractivity contribution >= 4 is 15.9 Å². The van der Waals surface area contributed by atoms with Crippen molar-refractivity contribution in [3.8, 4) is 0 Å². The fraction of sp³-hybridized carbons (Fsp3) is 0.333. The number of furan rings is 1. The van der Waals surface area contributed by atoms with Crippen LogP contribution in [0, 0.1) is 5.82 Å². The third-order valence-electron chi connectivity index (χ3n) is 3.25. The Morgan fingerprint density at radius 2 is 2.16 bits per heavy atom.